The molecule has 1 aromatic heterocycles. The average Bonchev–Trinajstić information content (AvgIpc) is 3.09. The molecule has 2 rings (SSSR count). The lowest BCUT2D eigenvalue weighted by molar-refractivity contribution is -0.135. The van der Waals surface area contributed by atoms with Gasteiger partial charge in [-0.2, -0.15) is 5.10 Å². The molecule has 0 fully saturated rings. The average molecular weight is 353 g/mol. The monoisotopic (exact) mass is 353 g/mol. The molecule has 0 unspecified atom stereocenters. The van der Waals surface area contributed by atoms with E-state index in [0.29, 0.717) is 13.1 Å². The fourth-order valence-electron chi connectivity index (χ4n) is 2.83. The van der Waals surface area contributed by atoms with Crippen LogP contribution in [0.4, 0.5) is 0 Å². The van der Waals surface area contributed by atoms with Crippen LogP contribution in [-0.2, 0) is 22.5 Å². The molecule has 2 heterocycles. The van der Waals surface area contributed by atoms with Crippen LogP contribution in [0.1, 0.15) is 37.2 Å². The maximum Gasteiger partial charge on any atom is 0.260 e. The molecule has 1 aliphatic heterocycles. The number of fused-ring (bicyclic) bond motifs is 1. The quantitative estimate of drug-likeness (QED) is 0.569. The highest BCUT2D eigenvalue weighted by atomic mass is 16.5. The summed E-state index contributed by atoms with van der Waals surface area (Å²) in [6, 6.07) is 0. The van der Waals surface area contributed by atoms with Crippen LogP contribution in [-0.4, -0.2) is 34.2 Å². The first-order valence-corrected chi connectivity index (χ1v) is 8.88. The second-order valence-corrected chi connectivity index (χ2v) is 5.96. The molecule has 0 saturated heterocycles. The number of hydrogen-bond acceptors (Lipinski definition) is 3. The second kappa shape index (κ2) is 9.61. The number of ether oxygens (including phenoxy) is 1. The highest BCUT2D eigenvalue weighted by Crippen LogP contribution is 2.26. The van der Waals surface area contributed by atoms with Crippen molar-refractivity contribution in [1.29, 1.82) is 0 Å². The SMILES string of the molecule is C=C/C=C(\C=C)c1n[nH]c2c1CN(C(=O)CO/C(=C/C=C\C)CC)CC2. The van der Waals surface area contributed by atoms with Gasteiger partial charge >= 0.3 is 0 Å². The Morgan fingerprint density at radius 3 is 2.85 bits per heavy atom. The first kappa shape index (κ1) is 19.5. The van der Waals surface area contributed by atoms with E-state index in [1.807, 2.05) is 43.1 Å². The van der Waals surface area contributed by atoms with Gasteiger partial charge in [-0.15, -0.1) is 0 Å². The van der Waals surface area contributed by atoms with E-state index in [0.717, 1.165) is 41.1 Å². The highest BCUT2D eigenvalue weighted by molar-refractivity contribution is 5.79. The van der Waals surface area contributed by atoms with E-state index in [9.17, 15) is 4.79 Å². The molecule has 0 aromatic carbocycles. The number of hydrogen-bond donors (Lipinski definition) is 1. The molecule has 26 heavy (non-hydrogen) atoms. The number of H-pyrrole nitrogens is 1. The van der Waals surface area contributed by atoms with Crippen LogP contribution in [0.5, 0.6) is 0 Å². The zero-order chi connectivity index (χ0) is 18.9. The summed E-state index contributed by atoms with van der Waals surface area (Å²) in [5.74, 6) is 0.788. The summed E-state index contributed by atoms with van der Waals surface area (Å²) < 4.78 is 5.67. The lowest BCUT2D eigenvalue weighted by atomic mass is 10.0. The summed E-state index contributed by atoms with van der Waals surface area (Å²) in [5.41, 5.74) is 3.84. The smallest absolute Gasteiger partial charge is 0.260 e. The van der Waals surface area contributed by atoms with Crippen molar-refractivity contribution in [2.45, 2.75) is 33.2 Å². The van der Waals surface area contributed by atoms with Crippen molar-refractivity contribution in [3.8, 4) is 0 Å². The van der Waals surface area contributed by atoms with Crippen LogP contribution >= 0.6 is 0 Å². The van der Waals surface area contributed by atoms with E-state index < -0.39 is 0 Å². The molecular formula is C21H27N3O2. The lowest BCUT2D eigenvalue weighted by Gasteiger charge is -2.27. The molecule has 0 saturated carbocycles. The number of aromatic amines is 1. The number of carbonyl (C=O) groups is 1. The minimum absolute atomic E-state index is 0.0181. The Morgan fingerprint density at radius 1 is 1.38 bits per heavy atom. The third kappa shape index (κ3) is 4.63. The molecule has 1 aliphatic rings. The van der Waals surface area contributed by atoms with Crippen LogP contribution in [0.3, 0.4) is 0 Å². The molecule has 138 valence electrons. The second-order valence-electron chi connectivity index (χ2n) is 5.96. The van der Waals surface area contributed by atoms with Crippen LogP contribution in [0, 0.1) is 0 Å². The molecule has 0 atom stereocenters. The first-order chi connectivity index (χ1) is 12.6. The van der Waals surface area contributed by atoms with Gasteiger partial charge in [0.25, 0.3) is 5.91 Å². The Balaban J connectivity index is 2.08. The standard InChI is InChI=1S/C21H27N3O2/c1-5-9-11-17(8-4)26-15-20(25)24-13-12-19-18(14-24)21(23-22-19)16(7-3)10-6-2/h5-7,9-11H,2-3,8,12-15H2,1,4H3,(H,22,23)/b9-5-,16-10+,17-11+. The van der Waals surface area contributed by atoms with Gasteiger partial charge in [0.1, 0.15) is 0 Å². The Hall–Kier alpha value is -2.82. The lowest BCUT2D eigenvalue weighted by Crippen LogP contribution is -2.38. The van der Waals surface area contributed by atoms with Gasteiger partial charge in [-0.1, -0.05) is 50.5 Å². The Bertz CT molecular complexity index is 753. The summed E-state index contributed by atoms with van der Waals surface area (Å²) in [6.07, 6.45) is 12.6. The van der Waals surface area contributed by atoms with E-state index in [1.54, 1.807) is 12.2 Å². The number of amides is 1. The van der Waals surface area contributed by atoms with Crippen LogP contribution < -0.4 is 0 Å². The zero-order valence-electron chi connectivity index (χ0n) is 15.6. The largest absolute Gasteiger partial charge is 0.488 e. The molecule has 0 bridgehead atoms. The predicted molar refractivity (Wildman–Crippen MR) is 105 cm³/mol. The summed E-state index contributed by atoms with van der Waals surface area (Å²) in [5, 5.41) is 7.49. The predicted octanol–water partition coefficient (Wildman–Crippen LogP) is 3.94. The van der Waals surface area contributed by atoms with Crippen molar-refractivity contribution < 1.29 is 9.53 Å². The number of nitrogens with zero attached hydrogens (tertiary/aromatic N) is 2. The van der Waals surface area contributed by atoms with Gasteiger partial charge < -0.3 is 9.64 Å². The third-order valence-corrected chi connectivity index (χ3v) is 4.28. The Kier molecular flexibility index (Phi) is 7.21. The number of allylic oxidation sites excluding steroid dienone is 8. The van der Waals surface area contributed by atoms with Crippen molar-refractivity contribution >= 4 is 11.5 Å². The summed E-state index contributed by atoms with van der Waals surface area (Å²) in [6.45, 7) is 12.8. The van der Waals surface area contributed by atoms with Crippen LogP contribution in [0.15, 0.2) is 55.4 Å². The van der Waals surface area contributed by atoms with Crippen molar-refractivity contribution in [2.24, 2.45) is 0 Å². The van der Waals surface area contributed by atoms with Gasteiger partial charge in [-0.3, -0.25) is 9.89 Å². The van der Waals surface area contributed by atoms with Gasteiger partial charge in [0.15, 0.2) is 6.61 Å². The summed E-state index contributed by atoms with van der Waals surface area (Å²) >= 11 is 0. The van der Waals surface area contributed by atoms with Crippen molar-refractivity contribution in [3.05, 3.63) is 72.3 Å². The van der Waals surface area contributed by atoms with E-state index in [-0.39, 0.29) is 12.5 Å². The number of nitrogens with one attached hydrogen (secondary N) is 1. The molecular weight excluding hydrogens is 326 g/mol. The van der Waals surface area contributed by atoms with Crippen LogP contribution in [0.2, 0.25) is 0 Å². The molecule has 1 aromatic rings. The van der Waals surface area contributed by atoms with Gasteiger partial charge in [0.05, 0.1) is 11.5 Å². The maximum atomic E-state index is 12.6. The zero-order valence-corrected chi connectivity index (χ0v) is 15.6. The van der Waals surface area contributed by atoms with Crippen LogP contribution in [0.25, 0.3) is 5.57 Å². The van der Waals surface area contributed by atoms with Gasteiger partial charge in [-0.05, 0) is 13.0 Å². The molecule has 0 spiro atoms. The molecule has 0 radical (unpaired) electrons. The van der Waals surface area contributed by atoms with E-state index in [4.69, 9.17) is 4.74 Å². The van der Waals surface area contributed by atoms with Gasteiger partial charge in [0.2, 0.25) is 0 Å². The minimum atomic E-state index is -0.0181. The first-order valence-electron chi connectivity index (χ1n) is 8.88. The number of aromatic nitrogens is 2. The molecule has 5 nitrogen and oxygen atoms in total. The van der Waals surface area contributed by atoms with Crippen molar-refractivity contribution in [2.75, 3.05) is 13.2 Å². The van der Waals surface area contributed by atoms with Crippen molar-refractivity contribution in [1.82, 2.24) is 15.1 Å². The summed E-state index contributed by atoms with van der Waals surface area (Å²) in [7, 11) is 0. The van der Waals surface area contributed by atoms with E-state index >= 15 is 0 Å². The van der Waals surface area contributed by atoms with Crippen molar-refractivity contribution in [3.63, 3.8) is 0 Å². The van der Waals surface area contributed by atoms with E-state index in [2.05, 4.69) is 23.4 Å². The molecule has 1 amide bonds. The molecule has 0 aliphatic carbocycles. The number of carbonyl (C=O) groups excluding carboxylic acids is 1. The fourth-order valence-corrected chi connectivity index (χ4v) is 2.83. The Labute approximate surface area is 155 Å². The molecule has 1 N–H and O–H groups in total. The topological polar surface area (TPSA) is 58.2 Å². The number of rotatable bonds is 8. The molecule has 5 heteroatoms. The fraction of sp³-hybridized carbons (Fsp3) is 0.333. The normalized spacial score (nSPS) is 15.1. The Morgan fingerprint density at radius 2 is 2.19 bits per heavy atom. The third-order valence-electron chi connectivity index (χ3n) is 4.28. The summed E-state index contributed by atoms with van der Waals surface area (Å²) in [4.78, 5) is 14.4. The maximum absolute atomic E-state index is 12.6. The van der Waals surface area contributed by atoms with Gasteiger partial charge in [0, 0.05) is 42.8 Å². The highest BCUT2D eigenvalue weighted by Gasteiger charge is 2.26. The van der Waals surface area contributed by atoms with Gasteiger partial charge in [-0.25, -0.2) is 0 Å². The van der Waals surface area contributed by atoms with E-state index in [1.165, 1.54) is 0 Å². The minimum Gasteiger partial charge on any atom is -0.488 e.